The van der Waals surface area contributed by atoms with E-state index in [-0.39, 0.29) is 16.9 Å². The standard InChI is InChI=1S/C24H19NO4S/c1-16-5-7-17(8-6-16)15-29-21-4-2-3-18(13-21)14-22-23(27)25(24(28)30-22)19-9-11-20(26)12-10-19/h2-14,26H,15H2,1H3/b22-14-. The number of imide groups is 1. The lowest BCUT2D eigenvalue weighted by Crippen LogP contribution is -2.27. The van der Waals surface area contributed by atoms with Crippen LogP contribution in [0.5, 0.6) is 11.5 Å². The Morgan fingerprint density at radius 2 is 1.73 bits per heavy atom. The van der Waals surface area contributed by atoms with Crippen molar-refractivity contribution >= 4 is 34.7 Å². The Kier molecular flexibility index (Phi) is 5.59. The van der Waals surface area contributed by atoms with Crippen LogP contribution < -0.4 is 9.64 Å². The minimum Gasteiger partial charge on any atom is -0.508 e. The van der Waals surface area contributed by atoms with Crippen LogP contribution in [0.25, 0.3) is 6.08 Å². The summed E-state index contributed by atoms with van der Waals surface area (Å²) < 4.78 is 5.86. The molecule has 3 aromatic rings. The molecule has 1 heterocycles. The van der Waals surface area contributed by atoms with Crippen molar-refractivity contribution < 1.29 is 19.4 Å². The maximum Gasteiger partial charge on any atom is 0.298 e. The molecule has 4 rings (SSSR count). The molecule has 0 radical (unpaired) electrons. The summed E-state index contributed by atoms with van der Waals surface area (Å²) in [5.74, 6) is 0.368. The number of hydrogen-bond acceptors (Lipinski definition) is 5. The minimum atomic E-state index is -0.387. The highest BCUT2D eigenvalue weighted by molar-refractivity contribution is 8.19. The predicted octanol–water partition coefficient (Wildman–Crippen LogP) is 5.52. The van der Waals surface area contributed by atoms with Crippen LogP contribution in [0.4, 0.5) is 10.5 Å². The average molecular weight is 417 g/mol. The lowest BCUT2D eigenvalue weighted by atomic mass is 10.1. The Labute approximate surface area is 178 Å². The molecule has 0 atom stereocenters. The molecule has 1 aliphatic heterocycles. The van der Waals surface area contributed by atoms with Crippen LogP contribution in [0.3, 0.4) is 0 Å². The monoisotopic (exact) mass is 417 g/mol. The average Bonchev–Trinajstić information content (AvgIpc) is 3.02. The number of benzene rings is 3. The zero-order valence-corrected chi connectivity index (χ0v) is 17.1. The van der Waals surface area contributed by atoms with Gasteiger partial charge in [-0.2, -0.15) is 0 Å². The molecule has 1 aliphatic rings. The summed E-state index contributed by atoms with van der Waals surface area (Å²) in [5.41, 5.74) is 3.46. The molecule has 0 bridgehead atoms. The van der Waals surface area contributed by atoms with Crippen LogP contribution in [0.2, 0.25) is 0 Å². The van der Waals surface area contributed by atoms with Crippen molar-refractivity contribution in [2.45, 2.75) is 13.5 Å². The van der Waals surface area contributed by atoms with Crippen molar-refractivity contribution in [3.05, 3.63) is 94.4 Å². The molecule has 0 aromatic heterocycles. The van der Waals surface area contributed by atoms with Crippen LogP contribution >= 0.6 is 11.8 Å². The van der Waals surface area contributed by atoms with E-state index >= 15 is 0 Å². The molecular formula is C24H19NO4S. The number of carbonyl (C=O) groups is 2. The lowest BCUT2D eigenvalue weighted by Gasteiger charge is -2.12. The van der Waals surface area contributed by atoms with Crippen molar-refractivity contribution in [2.75, 3.05) is 4.90 Å². The number of rotatable bonds is 5. The second-order valence-corrected chi connectivity index (χ2v) is 7.87. The SMILES string of the molecule is Cc1ccc(COc2cccc(/C=C3\SC(=O)N(c4ccc(O)cc4)C3=O)c2)cc1. The molecule has 30 heavy (non-hydrogen) atoms. The third kappa shape index (κ3) is 4.39. The number of phenols is 1. The Bertz CT molecular complexity index is 1120. The Balaban J connectivity index is 1.49. The third-order valence-corrected chi connectivity index (χ3v) is 5.45. The molecule has 0 saturated carbocycles. The summed E-state index contributed by atoms with van der Waals surface area (Å²) >= 11 is 0.888. The largest absolute Gasteiger partial charge is 0.508 e. The molecule has 1 saturated heterocycles. The maximum atomic E-state index is 12.8. The van der Waals surface area contributed by atoms with E-state index in [4.69, 9.17) is 4.74 Å². The summed E-state index contributed by atoms with van der Waals surface area (Å²) in [5, 5.41) is 9.04. The van der Waals surface area contributed by atoms with Crippen LogP contribution in [0, 0.1) is 6.92 Å². The molecule has 0 spiro atoms. The van der Waals surface area contributed by atoms with Gasteiger partial charge in [0.1, 0.15) is 18.1 Å². The van der Waals surface area contributed by atoms with Gasteiger partial charge in [-0.15, -0.1) is 0 Å². The fourth-order valence-corrected chi connectivity index (χ4v) is 3.83. The quantitative estimate of drug-likeness (QED) is 0.554. The van der Waals surface area contributed by atoms with E-state index in [1.807, 2.05) is 55.5 Å². The molecule has 6 heteroatoms. The van der Waals surface area contributed by atoms with E-state index in [2.05, 4.69) is 0 Å². The van der Waals surface area contributed by atoms with Gasteiger partial charge in [0.15, 0.2) is 0 Å². The first-order valence-corrected chi connectivity index (χ1v) is 10.2. The number of carbonyl (C=O) groups excluding carboxylic acids is 2. The summed E-state index contributed by atoms with van der Waals surface area (Å²) in [6.07, 6.45) is 1.68. The fourth-order valence-electron chi connectivity index (χ4n) is 2.99. The smallest absolute Gasteiger partial charge is 0.298 e. The van der Waals surface area contributed by atoms with Gasteiger partial charge in [-0.05, 0) is 72.3 Å². The summed E-state index contributed by atoms with van der Waals surface area (Å²) in [7, 11) is 0. The number of amides is 2. The van der Waals surface area contributed by atoms with E-state index in [9.17, 15) is 14.7 Å². The predicted molar refractivity (Wildman–Crippen MR) is 119 cm³/mol. The van der Waals surface area contributed by atoms with Gasteiger partial charge in [-0.1, -0.05) is 42.0 Å². The van der Waals surface area contributed by atoms with Crippen molar-refractivity contribution in [3.63, 3.8) is 0 Å². The molecule has 0 aliphatic carbocycles. The maximum absolute atomic E-state index is 12.8. The van der Waals surface area contributed by atoms with Gasteiger partial charge in [0.05, 0.1) is 10.6 Å². The summed E-state index contributed by atoms with van der Waals surface area (Å²) in [6.45, 7) is 2.48. The number of anilines is 1. The topological polar surface area (TPSA) is 66.8 Å². The van der Waals surface area contributed by atoms with E-state index in [1.54, 1.807) is 6.08 Å². The first-order valence-electron chi connectivity index (χ1n) is 9.35. The molecule has 2 amide bonds. The highest BCUT2D eigenvalue weighted by atomic mass is 32.2. The zero-order chi connectivity index (χ0) is 21.1. The number of ether oxygens (including phenoxy) is 1. The molecule has 3 aromatic carbocycles. The minimum absolute atomic E-state index is 0.0729. The van der Waals surface area contributed by atoms with Gasteiger partial charge in [0.2, 0.25) is 0 Å². The number of aromatic hydroxyl groups is 1. The van der Waals surface area contributed by atoms with Crippen molar-refractivity contribution in [2.24, 2.45) is 0 Å². The highest BCUT2D eigenvalue weighted by Crippen LogP contribution is 2.36. The third-order valence-electron chi connectivity index (χ3n) is 4.58. The molecule has 1 fully saturated rings. The van der Waals surface area contributed by atoms with E-state index in [0.29, 0.717) is 22.9 Å². The van der Waals surface area contributed by atoms with E-state index < -0.39 is 0 Å². The molecule has 5 nitrogen and oxygen atoms in total. The van der Waals surface area contributed by atoms with E-state index in [0.717, 1.165) is 27.8 Å². The molecule has 150 valence electrons. The second kappa shape index (κ2) is 8.47. The first kappa shape index (κ1) is 19.8. The number of hydrogen-bond donors (Lipinski definition) is 1. The van der Waals surface area contributed by atoms with Gasteiger partial charge >= 0.3 is 0 Å². The molecule has 1 N–H and O–H groups in total. The van der Waals surface area contributed by atoms with Crippen molar-refractivity contribution in [1.29, 1.82) is 0 Å². The van der Waals surface area contributed by atoms with E-state index in [1.165, 1.54) is 29.8 Å². The zero-order valence-electron chi connectivity index (χ0n) is 16.2. The Morgan fingerprint density at radius 3 is 2.47 bits per heavy atom. The summed E-state index contributed by atoms with van der Waals surface area (Å²) in [6, 6.07) is 21.5. The number of phenolic OH excluding ortho intramolecular Hbond substituents is 1. The summed E-state index contributed by atoms with van der Waals surface area (Å²) in [4.78, 5) is 26.6. The first-order chi connectivity index (χ1) is 14.5. The van der Waals surface area contributed by atoms with Gasteiger partial charge in [0, 0.05) is 0 Å². The Morgan fingerprint density at radius 1 is 1.00 bits per heavy atom. The van der Waals surface area contributed by atoms with Crippen LogP contribution in [0.1, 0.15) is 16.7 Å². The lowest BCUT2D eigenvalue weighted by molar-refractivity contribution is -0.113. The van der Waals surface area contributed by atoms with Crippen LogP contribution in [-0.4, -0.2) is 16.3 Å². The van der Waals surface area contributed by atoms with Crippen molar-refractivity contribution in [3.8, 4) is 11.5 Å². The van der Waals surface area contributed by atoms with Crippen molar-refractivity contribution in [1.82, 2.24) is 0 Å². The van der Waals surface area contributed by atoms with Gasteiger partial charge in [-0.3, -0.25) is 9.59 Å². The Hall–Kier alpha value is -3.51. The van der Waals surface area contributed by atoms with Crippen LogP contribution in [-0.2, 0) is 11.4 Å². The number of thioether (sulfide) groups is 1. The fraction of sp³-hybridized carbons (Fsp3) is 0.0833. The number of aryl methyl sites for hydroxylation is 1. The van der Waals surface area contributed by atoms with Gasteiger partial charge in [-0.25, -0.2) is 4.90 Å². The molecular weight excluding hydrogens is 398 g/mol. The second-order valence-electron chi connectivity index (χ2n) is 6.88. The number of nitrogens with zero attached hydrogens (tertiary/aromatic N) is 1. The molecule has 0 unspecified atom stereocenters. The highest BCUT2D eigenvalue weighted by Gasteiger charge is 2.36. The van der Waals surface area contributed by atoms with Crippen LogP contribution in [0.15, 0.2) is 77.7 Å². The van der Waals surface area contributed by atoms with Gasteiger partial charge < -0.3 is 9.84 Å². The normalized spacial score (nSPS) is 15.1. The van der Waals surface area contributed by atoms with Gasteiger partial charge in [0.25, 0.3) is 11.1 Å².